The first kappa shape index (κ1) is 13.9. The van der Waals surface area contributed by atoms with Crippen molar-refractivity contribution in [2.75, 3.05) is 32.8 Å². The Bertz CT molecular complexity index is 454. The molecule has 0 bridgehead atoms. The molecule has 6 nitrogen and oxygen atoms in total. The Morgan fingerprint density at radius 1 is 1.32 bits per heavy atom. The molecule has 1 fully saturated rings. The average molecular weight is 287 g/mol. The van der Waals surface area contributed by atoms with E-state index in [0.29, 0.717) is 32.1 Å². The Hall–Kier alpha value is -1.53. The third kappa shape index (κ3) is 3.71. The van der Waals surface area contributed by atoms with Crippen molar-refractivity contribution in [3.63, 3.8) is 0 Å². The van der Waals surface area contributed by atoms with E-state index in [1.165, 1.54) is 6.07 Å². The molecule has 0 spiro atoms. The molecule has 1 N–H and O–H groups in total. The summed E-state index contributed by atoms with van der Waals surface area (Å²) in [6.45, 7) is 2.15. The fourth-order valence-electron chi connectivity index (χ4n) is 1.74. The highest BCUT2D eigenvalue weighted by Crippen LogP contribution is 2.09. The number of rotatable bonds is 4. The number of carbonyl (C=O) groups is 2. The number of ether oxygens (including phenoxy) is 1. The van der Waals surface area contributed by atoms with Crippen molar-refractivity contribution in [2.45, 2.75) is 5.88 Å². The standard InChI is InChI=1S/C12H15ClN2O4/c13-7-9-1-2-10(19-9)12(17)14-8-11(16)15-3-5-18-6-4-15/h1-2H,3-8H2,(H,14,17). The van der Waals surface area contributed by atoms with Crippen LogP contribution in [-0.2, 0) is 15.4 Å². The van der Waals surface area contributed by atoms with E-state index >= 15 is 0 Å². The molecule has 2 rings (SSSR count). The molecule has 0 radical (unpaired) electrons. The molecule has 1 saturated heterocycles. The average Bonchev–Trinajstić information content (AvgIpc) is 2.94. The lowest BCUT2D eigenvalue weighted by Crippen LogP contribution is -2.45. The van der Waals surface area contributed by atoms with Gasteiger partial charge >= 0.3 is 0 Å². The molecule has 0 atom stereocenters. The second-order valence-corrected chi connectivity index (χ2v) is 4.34. The first-order valence-corrected chi connectivity index (χ1v) is 6.52. The molecule has 2 heterocycles. The van der Waals surface area contributed by atoms with E-state index in [1.54, 1.807) is 11.0 Å². The van der Waals surface area contributed by atoms with Crippen molar-refractivity contribution in [1.82, 2.24) is 10.2 Å². The number of hydrogen-bond acceptors (Lipinski definition) is 4. The number of furan rings is 1. The van der Waals surface area contributed by atoms with E-state index in [0.717, 1.165) is 0 Å². The Labute approximate surface area is 115 Å². The summed E-state index contributed by atoms with van der Waals surface area (Å²) in [6.07, 6.45) is 0. The molecule has 0 aliphatic carbocycles. The van der Waals surface area contributed by atoms with E-state index < -0.39 is 5.91 Å². The number of halogens is 1. The van der Waals surface area contributed by atoms with Crippen molar-refractivity contribution in [3.8, 4) is 0 Å². The van der Waals surface area contributed by atoms with Crippen molar-refractivity contribution >= 4 is 23.4 Å². The molecule has 0 saturated carbocycles. The van der Waals surface area contributed by atoms with Crippen LogP contribution in [-0.4, -0.2) is 49.6 Å². The van der Waals surface area contributed by atoms with E-state index in [4.69, 9.17) is 20.8 Å². The van der Waals surface area contributed by atoms with Gasteiger partial charge < -0.3 is 19.4 Å². The van der Waals surface area contributed by atoms with Crippen LogP contribution in [0.5, 0.6) is 0 Å². The van der Waals surface area contributed by atoms with Gasteiger partial charge in [0.15, 0.2) is 5.76 Å². The monoisotopic (exact) mass is 286 g/mol. The predicted octanol–water partition coefficient (Wildman–Crippen LogP) is 0.607. The highest BCUT2D eigenvalue weighted by Gasteiger charge is 2.18. The molecule has 1 aromatic rings. The maximum atomic E-state index is 11.8. The number of nitrogens with one attached hydrogen (secondary N) is 1. The summed E-state index contributed by atoms with van der Waals surface area (Å²) in [6, 6.07) is 3.16. The van der Waals surface area contributed by atoms with Crippen molar-refractivity contribution in [1.29, 1.82) is 0 Å². The molecular weight excluding hydrogens is 272 g/mol. The molecule has 1 aromatic heterocycles. The smallest absolute Gasteiger partial charge is 0.287 e. The van der Waals surface area contributed by atoms with E-state index in [1.807, 2.05) is 0 Å². The Morgan fingerprint density at radius 3 is 2.68 bits per heavy atom. The van der Waals surface area contributed by atoms with Gasteiger partial charge in [-0.1, -0.05) is 0 Å². The fraction of sp³-hybridized carbons (Fsp3) is 0.500. The third-order valence-corrected chi connectivity index (χ3v) is 3.04. The summed E-state index contributed by atoms with van der Waals surface area (Å²) in [5.74, 6) is 0.343. The molecule has 0 aromatic carbocycles. The lowest BCUT2D eigenvalue weighted by atomic mass is 10.3. The van der Waals surface area contributed by atoms with Gasteiger partial charge in [-0.15, -0.1) is 11.6 Å². The SMILES string of the molecule is O=C(NCC(=O)N1CCOCC1)c1ccc(CCl)o1. The number of hydrogen-bond donors (Lipinski definition) is 1. The maximum Gasteiger partial charge on any atom is 0.287 e. The molecule has 2 amide bonds. The highest BCUT2D eigenvalue weighted by molar-refractivity contribution is 6.16. The highest BCUT2D eigenvalue weighted by atomic mass is 35.5. The summed E-state index contributed by atoms with van der Waals surface area (Å²) in [4.78, 5) is 25.2. The molecule has 19 heavy (non-hydrogen) atoms. The van der Waals surface area contributed by atoms with Crippen LogP contribution < -0.4 is 5.32 Å². The summed E-state index contributed by atoms with van der Waals surface area (Å²) in [7, 11) is 0. The summed E-state index contributed by atoms with van der Waals surface area (Å²) in [5, 5.41) is 2.53. The number of morpholine rings is 1. The zero-order valence-electron chi connectivity index (χ0n) is 10.4. The number of amides is 2. The number of carbonyl (C=O) groups excluding carboxylic acids is 2. The number of nitrogens with zero attached hydrogens (tertiary/aromatic N) is 1. The molecular formula is C12H15ClN2O4. The quantitative estimate of drug-likeness (QED) is 0.823. The summed E-state index contributed by atoms with van der Waals surface area (Å²) >= 11 is 5.58. The van der Waals surface area contributed by atoms with Crippen LogP contribution in [0.1, 0.15) is 16.3 Å². The van der Waals surface area contributed by atoms with Gasteiger partial charge in [-0.05, 0) is 12.1 Å². The van der Waals surface area contributed by atoms with Gasteiger partial charge in [-0.2, -0.15) is 0 Å². The maximum absolute atomic E-state index is 11.8. The lowest BCUT2D eigenvalue weighted by molar-refractivity contribution is -0.134. The second kappa shape index (κ2) is 6.58. The topological polar surface area (TPSA) is 71.8 Å². The van der Waals surface area contributed by atoms with E-state index in [9.17, 15) is 9.59 Å². The summed E-state index contributed by atoms with van der Waals surface area (Å²) < 4.78 is 10.3. The van der Waals surface area contributed by atoms with Gasteiger partial charge in [0.25, 0.3) is 5.91 Å². The first-order chi connectivity index (χ1) is 9.20. The normalized spacial score (nSPS) is 15.3. The van der Waals surface area contributed by atoms with Gasteiger partial charge in [0.2, 0.25) is 5.91 Å². The van der Waals surface area contributed by atoms with Crippen molar-refractivity contribution in [3.05, 3.63) is 23.7 Å². The largest absolute Gasteiger partial charge is 0.455 e. The van der Waals surface area contributed by atoms with Crippen LogP contribution in [0.15, 0.2) is 16.5 Å². The van der Waals surface area contributed by atoms with Crippen LogP contribution in [0.3, 0.4) is 0 Å². The molecule has 0 unspecified atom stereocenters. The van der Waals surface area contributed by atoms with Gasteiger partial charge in [-0.25, -0.2) is 0 Å². The zero-order chi connectivity index (χ0) is 13.7. The van der Waals surface area contributed by atoms with Gasteiger partial charge in [0.1, 0.15) is 5.76 Å². The van der Waals surface area contributed by atoms with E-state index in [-0.39, 0.29) is 24.1 Å². The van der Waals surface area contributed by atoms with Gasteiger partial charge in [0, 0.05) is 13.1 Å². The molecule has 1 aliphatic rings. The minimum absolute atomic E-state index is 0.0459. The third-order valence-electron chi connectivity index (χ3n) is 2.78. The zero-order valence-corrected chi connectivity index (χ0v) is 11.1. The number of alkyl halides is 1. The minimum atomic E-state index is -0.419. The van der Waals surface area contributed by atoms with Crippen LogP contribution in [0, 0.1) is 0 Å². The van der Waals surface area contributed by atoms with E-state index in [2.05, 4.69) is 5.32 Å². The molecule has 104 valence electrons. The molecule has 1 aliphatic heterocycles. The predicted molar refractivity (Wildman–Crippen MR) is 68.0 cm³/mol. The van der Waals surface area contributed by atoms with Crippen molar-refractivity contribution < 1.29 is 18.7 Å². The molecule has 7 heteroatoms. The van der Waals surface area contributed by atoms with Crippen LogP contribution >= 0.6 is 11.6 Å². The van der Waals surface area contributed by atoms with Crippen molar-refractivity contribution in [2.24, 2.45) is 0 Å². The van der Waals surface area contributed by atoms with Gasteiger partial charge in [-0.3, -0.25) is 9.59 Å². The lowest BCUT2D eigenvalue weighted by Gasteiger charge is -2.26. The first-order valence-electron chi connectivity index (χ1n) is 5.99. The minimum Gasteiger partial charge on any atom is -0.455 e. The Morgan fingerprint density at radius 2 is 2.05 bits per heavy atom. The summed E-state index contributed by atoms with van der Waals surface area (Å²) in [5.41, 5.74) is 0. The second-order valence-electron chi connectivity index (χ2n) is 4.08. The fourth-order valence-corrected chi connectivity index (χ4v) is 1.88. The van der Waals surface area contributed by atoms with Crippen LogP contribution in [0.2, 0.25) is 0 Å². The Kier molecular flexibility index (Phi) is 4.81. The van der Waals surface area contributed by atoms with Gasteiger partial charge in [0.05, 0.1) is 25.6 Å². The Balaban J connectivity index is 1.80. The van der Waals surface area contributed by atoms with Crippen LogP contribution in [0.4, 0.5) is 0 Å². The van der Waals surface area contributed by atoms with Crippen LogP contribution in [0.25, 0.3) is 0 Å².